The molecule has 10 heteroatoms. The molecule has 4 aromatic rings. The molecule has 0 aliphatic heterocycles. The maximum absolute atomic E-state index is 12.4. The molecule has 0 bridgehead atoms. The summed E-state index contributed by atoms with van der Waals surface area (Å²) in [5.41, 5.74) is 2.35. The fourth-order valence-electron chi connectivity index (χ4n) is 3.21. The molecule has 0 radical (unpaired) electrons. The van der Waals surface area contributed by atoms with Crippen molar-refractivity contribution in [2.75, 3.05) is 5.32 Å². The van der Waals surface area contributed by atoms with Gasteiger partial charge in [-0.2, -0.15) is 0 Å². The summed E-state index contributed by atoms with van der Waals surface area (Å²) < 4.78 is 6.33. The van der Waals surface area contributed by atoms with Crippen molar-refractivity contribution in [2.45, 2.75) is 19.6 Å². The second kappa shape index (κ2) is 10.5. The van der Waals surface area contributed by atoms with Crippen molar-refractivity contribution in [1.29, 1.82) is 0 Å². The molecule has 0 fully saturated rings. The summed E-state index contributed by atoms with van der Waals surface area (Å²) in [6, 6.07) is 17.3. The van der Waals surface area contributed by atoms with Crippen molar-refractivity contribution in [1.82, 2.24) is 4.98 Å². The second-order valence-corrected chi connectivity index (χ2v) is 8.42. The minimum atomic E-state index is -0.889. The van der Waals surface area contributed by atoms with Gasteiger partial charge in [-0.05, 0) is 46.3 Å². The van der Waals surface area contributed by atoms with Crippen LogP contribution in [0.25, 0.3) is 10.1 Å². The van der Waals surface area contributed by atoms with E-state index in [2.05, 4.69) is 15.1 Å². The number of thiophene rings is 1. The summed E-state index contributed by atoms with van der Waals surface area (Å²) in [6.07, 6.45) is 3.69. The lowest BCUT2D eigenvalue weighted by atomic mass is 10.1. The van der Waals surface area contributed by atoms with Gasteiger partial charge in [0, 0.05) is 12.4 Å². The highest BCUT2D eigenvalue weighted by molar-refractivity contribution is 7.22. The van der Waals surface area contributed by atoms with Crippen molar-refractivity contribution in [3.63, 3.8) is 0 Å². The van der Waals surface area contributed by atoms with E-state index >= 15 is 0 Å². The van der Waals surface area contributed by atoms with Crippen LogP contribution in [0, 0.1) is 10.1 Å². The van der Waals surface area contributed by atoms with Crippen LogP contribution in [0.15, 0.2) is 73.1 Å². The van der Waals surface area contributed by atoms with Crippen molar-refractivity contribution < 1.29 is 24.3 Å². The summed E-state index contributed by atoms with van der Waals surface area (Å²) >= 11 is 1.47. The molecule has 0 saturated heterocycles. The summed E-state index contributed by atoms with van der Waals surface area (Å²) in [4.78, 5) is 43.4. The molecule has 172 valence electrons. The van der Waals surface area contributed by atoms with E-state index < -0.39 is 11.1 Å². The lowest BCUT2D eigenvalue weighted by molar-refractivity contribution is -0.763. The monoisotopic (exact) mass is 477 g/mol. The highest BCUT2D eigenvalue weighted by atomic mass is 32.1. The Hall–Kier alpha value is -4.31. The Morgan fingerprint density at radius 1 is 1.00 bits per heavy atom. The second-order valence-electron chi connectivity index (χ2n) is 7.34. The van der Waals surface area contributed by atoms with Crippen LogP contribution < -0.4 is 5.32 Å². The van der Waals surface area contributed by atoms with Crippen LogP contribution in [0.3, 0.4) is 0 Å². The van der Waals surface area contributed by atoms with Crippen molar-refractivity contribution in [2.24, 2.45) is 0 Å². The molecule has 4 rings (SSSR count). The van der Waals surface area contributed by atoms with Gasteiger partial charge in [-0.1, -0.05) is 36.4 Å². The minimum absolute atomic E-state index is 0.0523. The first-order valence-electron chi connectivity index (χ1n) is 10.2. The van der Waals surface area contributed by atoms with Gasteiger partial charge in [-0.3, -0.25) is 9.78 Å². The first kappa shape index (κ1) is 22.9. The summed E-state index contributed by atoms with van der Waals surface area (Å²) in [6.45, 7) is -0.194. The van der Waals surface area contributed by atoms with Gasteiger partial charge in [0.25, 0.3) is 5.09 Å². The van der Waals surface area contributed by atoms with E-state index in [4.69, 9.17) is 4.74 Å². The molecule has 34 heavy (non-hydrogen) atoms. The van der Waals surface area contributed by atoms with Crippen LogP contribution in [-0.4, -0.2) is 21.9 Å². The highest BCUT2D eigenvalue weighted by Gasteiger charge is 2.10. The first-order chi connectivity index (χ1) is 16.5. The Labute approximate surface area is 198 Å². The lowest BCUT2D eigenvalue weighted by Crippen LogP contribution is -2.13. The third-order valence-corrected chi connectivity index (χ3v) is 5.84. The van der Waals surface area contributed by atoms with Gasteiger partial charge in [-0.15, -0.1) is 21.5 Å². The molecule has 0 saturated carbocycles. The third kappa shape index (κ3) is 6.14. The Balaban J connectivity index is 1.28. The molecule has 9 nitrogen and oxygen atoms in total. The number of pyridine rings is 1. The van der Waals surface area contributed by atoms with Crippen molar-refractivity contribution in [3.8, 4) is 0 Å². The number of hydrogen-bond donors (Lipinski definition) is 1. The van der Waals surface area contributed by atoms with Crippen LogP contribution in [-0.2, 0) is 34.0 Å². The molecule has 2 aromatic heterocycles. The number of ether oxygens (including phenoxy) is 1. The van der Waals surface area contributed by atoms with Gasteiger partial charge in [0.1, 0.15) is 13.2 Å². The number of rotatable bonds is 9. The van der Waals surface area contributed by atoms with Crippen molar-refractivity contribution in [3.05, 3.63) is 105 Å². The van der Waals surface area contributed by atoms with Crippen LogP contribution in [0.1, 0.15) is 27.0 Å². The van der Waals surface area contributed by atoms with Gasteiger partial charge in [-0.25, -0.2) is 4.79 Å². The number of carbonyl (C=O) groups is 2. The number of aromatic nitrogens is 1. The quantitative estimate of drug-likeness (QED) is 0.213. The lowest BCUT2D eigenvalue weighted by Gasteiger charge is -2.08. The zero-order chi connectivity index (χ0) is 23.9. The molecular formula is C24H19N3O6S. The fourth-order valence-corrected chi connectivity index (χ4v) is 4.16. The van der Waals surface area contributed by atoms with E-state index in [0.29, 0.717) is 5.56 Å². The topological polar surface area (TPSA) is 121 Å². The molecule has 1 amide bonds. The van der Waals surface area contributed by atoms with E-state index in [1.54, 1.807) is 42.7 Å². The molecule has 2 heterocycles. The predicted molar refractivity (Wildman–Crippen MR) is 126 cm³/mol. The summed E-state index contributed by atoms with van der Waals surface area (Å²) in [7, 11) is 0. The Kier molecular flexibility index (Phi) is 7.09. The van der Waals surface area contributed by atoms with Gasteiger partial charge in [0.05, 0.1) is 21.7 Å². The largest absolute Gasteiger partial charge is 0.457 e. The molecule has 0 atom stereocenters. The maximum Gasteiger partial charge on any atom is 0.338 e. The van der Waals surface area contributed by atoms with Gasteiger partial charge < -0.3 is 14.9 Å². The highest BCUT2D eigenvalue weighted by Crippen LogP contribution is 2.28. The number of nitrogens with zero attached hydrogens (tertiary/aromatic N) is 2. The molecule has 0 unspecified atom stereocenters. The molecule has 0 aliphatic carbocycles. The van der Waals surface area contributed by atoms with Crippen LogP contribution in [0.5, 0.6) is 0 Å². The Morgan fingerprint density at radius 3 is 2.56 bits per heavy atom. The average Bonchev–Trinajstić information content (AvgIpc) is 3.24. The fraction of sp³-hybridized carbons (Fsp3) is 0.125. The SMILES string of the molecule is O=C(Cc1ccc(COC(=O)c2cccc(CO[N+](=O)[O-])c2)cc1)Nc1cc2ccncc2s1. The maximum atomic E-state index is 12.4. The smallest absolute Gasteiger partial charge is 0.338 e. The van der Waals surface area contributed by atoms with E-state index in [0.717, 1.165) is 26.2 Å². The van der Waals surface area contributed by atoms with Crippen LogP contribution >= 0.6 is 11.3 Å². The normalized spacial score (nSPS) is 10.6. The number of benzene rings is 2. The number of carbonyl (C=O) groups excluding carboxylic acids is 2. The minimum Gasteiger partial charge on any atom is -0.457 e. The number of esters is 1. The number of hydrogen-bond acceptors (Lipinski definition) is 8. The number of anilines is 1. The Morgan fingerprint density at radius 2 is 1.79 bits per heavy atom. The van der Waals surface area contributed by atoms with E-state index in [-0.39, 0.29) is 31.1 Å². The summed E-state index contributed by atoms with van der Waals surface area (Å²) in [5, 5.41) is 14.1. The van der Waals surface area contributed by atoms with E-state index in [9.17, 15) is 19.7 Å². The standard InChI is InChI=1S/C24H19N3O6S/c28-22(26-23-12-19-8-9-25-13-21(19)34-23)11-16-4-6-17(7-5-16)14-32-24(29)20-3-1-2-18(10-20)15-33-27(30)31/h1-10,12-13H,11,14-15H2,(H,26,28). The zero-order valence-corrected chi connectivity index (χ0v) is 18.6. The number of amides is 1. The predicted octanol–water partition coefficient (Wildman–Crippen LogP) is 4.54. The van der Waals surface area contributed by atoms with Gasteiger partial charge in [0.2, 0.25) is 5.91 Å². The van der Waals surface area contributed by atoms with Crippen LogP contribution in [0.4, 0.5) is 5.00 Å². The van der Waals surface area contributed by atoms with Gasteiger partial charge >= 0.3 is 5.97 Å². The molecule has 1 N–H and O–H groups in total. The molecule has 2 aromatic carbocycles. The van der Waals surface area contributed by atoms with Crippen molar-refractivity contribution >= 4 is 38.3 Å². The number of nitrogens with one attached hydrogen (secondary N) is 1. The van der Waals surface area contributed by atoms with Crippen LogP contribution in [0.2, 0.25) is 0 Å². The third-order valence-electron chi connectivity index (χ3n) is 4.84. The average molecular weight is 477 g/mol. The molecule has 0 spiro atoms. The molecule has 0 aliphatic rings. The Bertz CT molecular complexity index is 1300. The van der Waals surface area contributed by atoms with Gasteiger partial charge in [0.15, 0.2) is 0 Å². The first-order valence-corrected chi connectivity index (χ1v) is 11.0. The molecular weight excluding hydrogens is 458 g/mol. The summed E-state index contributed by atoms with van der Waals surface area (Å²) in [5.74, 6) is -0.676. The van der Waals surface area contributed by atoms with E-state index in [1.807, 2.05) is 24.3 Å². The zero-order valence-electron chi connectivity index (χ0n) is 17.8. The van der Waals surface area contributed by atoms with E-state index in [1.165, 1.54) is 17.4 Å². The number of fused-ring (bicyclic) bond motifs is 1.